The van der Waals surface area contributed by atoms with Crippen LogP contribution in [0, 0.1) is 6.92 Å². The van der Waals surface area contributed by atoms with Crippen molar-refractivity contribution in [3.63, 3.8) is 0 Å². The van der Waals surface area contributed by atoms with Gasteiger partial charge in [-0.1, -0.05) is 54.1 Å². The fourth-order valence-electron chi connectivity index (χ4n) is 3.88. The summed E-state index contributed by atoms with van der Waals surface area (Å²) >= 11 is 6.50. The molecule has 0 saturated carbocycles. The topological polar surface area (TPSA) is 84.3 Å². The van der Waals surface area contributed by atoms with Gasteiger partial charge in [-0.2, -0.15) is 9.40 Å². The van der Waals surface area contributed by atoms with Crippen LogP contribution in [-0.4, -0.2) is 41.5 Å². The number of amides is 1. The van der Waals surface area contributed by atoms with Gasteiger partial charge < -0.3 is 5.32 Å². The lowest BCUT2D eigenvalue weighted by molar-refractivity contribution is -0.116. The first-order valence-electron chi connectivity index (χ1n) is 11.2. The van der Waals surface area contributed by atoms with Gasteiger partial charge in [0.15, 0.2) is 0 Å². The van der Waals surface area contributed by atoms with Crippen LogP contribution in [0.1, 0.15) is 35.2 Å². The molecule has 1 aliphatic rings. The quantitative estimate of drug-likeness (QED) is 0.476. The maximum absolute atomic E-state index is 12.6. The van der Waals surface area contributed by atoms with Gasteiger partial charge in [0.1, 0.15) is 5.15 Å². The standard InChI is InChI=1S/C25H27ClN4O3S/c1-19-23(25(26)30(28-19)18-21-7-3-2-4-8-21)13-14-24(31)27-17-20-9-11-22(12-10-20)34(32,33)29-15-5-6-16-29/h2-4,7-14H,5-6,15-18H2,1H3,(H,27,31)/b14-13+. The molecule has 9 heteroatoms. The molecule has 0 radical (unpaired) electrons. The van der Waals surface area contributed by atoms with Gasteiger partial charge in [0.2, 0.25) is 15.9 Å². The molecule has 2 heterocycles. The molecule has 1 saturated heterocycles. The Hall–Kier alpha value is -2.94. The second kappa shape index (κ2) is 10.5. The summed E-state index contributed by atoms with van der Waals surface area (Å²) in [6, 6.07) is 16.5. The van der Waals surface area contributed by atoms with Gasteiger partial charge in [-0.25, -0.2) is 13.1 Å². The van der Waals surface area contributed by atoms with E-state index in [-0.39, 0.29) is 17.3 Å². The molecule has 1 aromatic heterocycles. The number of nitrogens with zero attached hydrogens (tertiary/aromatic N) is 3. The molecule has 178 valence electrons. The third kappa shape index (κ3) is 5.58. The predicted octanol–water partition coefficient (Wildman–Crippen LogP) is 4.01. The monoisotopic (exact) mass is 498 g/mol. The van der Waals surface area contributed by atoms with Crippen LogP contribution in [0.4, 0.5) is 0 Å². The highest BCUT2D eigenvalue weighted by Crippen LogP contribution is 2.23. The SMILES string of the molecule is Cc1nn(Cc2ccccc2)c(Cl)c1/C=C/C(=O)NCc1ccc(S(=O)(=O)N2CCCC2)cc1. The number of carbonyl (C=O) groups is 1. The highest BCUT2D eigenvalue weighted by atomic mass is 35.5. The summed E-state index contributed by atoms with van der Waals surface area (Å²) in [7, 11) is -3.44. The Morgan fingerprint density at radius 3 is 2.41 bits per heavy atom. The lowest BCUT2D eigenvalue weighted by Gasteiger charge is -2.15. The van der Waals surface area contributed by atoms with Crippen molar-refractivity contribution in [2.45, 2.75) is 37.8 Å². The Bertz CT molecular complexity index is 1280. The fourth-order valence-corrected chi connectivity index (χ4v) is 5.70. The molecule has 2 aromatic carbocycles. The average molecular weight is 499 g/mol. The molecule has 1 amide bonds. The second-order valence-corrected chi connectivity index (χ2v) is 10.5. The first-order chi connectivity index (χ1) is 16.3. The van der Waals surface area contributed by atoms with Gasteiger partial charge in [0.05, 0.1) is 17.1 Å². The van der Waals surface area contributed by atoms with Crippen LogP contribution in [0.5, 0.6) is 0 Å². The molecule has 0 spiro atoms. The van der Waals surface area contributed by atoms with Crippen LogP contribution >= 0.6 is 11.6 Å². The summed E-state index contributed by atoms with van der Waals surface area (Å²) in [5.41, 5.74) is 3.33. The molecule has 1 fully saturated rings. The second-order valence-electron chi connectivity index (χ2n) is 8.24. The molecular weight excluding hydrogens is 472 g/mol. The van der Waals surface area contributed by atoms with Crippen molar-refractivity contribution in [2.24, 2.45) is 0 Å². The first-order valence-corrected chi connectivity index (χ1v) is 13.0. The highest BCUT2D eigenvalue weighted by Gasteiger charge is 2.26. The van der Waals surface area contributed by atoms with Crippen LogP contribution in [0.25, 0.3) is 6.08 Å². The van der Waals surface area contributed by atoms with Crippen LogP contribution < -0.4 is 5.32 Å². The normalized spacial score (nSPS) is 14.6. The Labute approximate surface area is 205 Å². The van der Waals surface area contributed by atoms with Crippen molar-refractivity contribution in [1.82, 2.24) is 19.4 Å². The Balaban J connectivity index is 1.35. The van der Waals surface area contributed by atoms with Crippen molar-refractivity contribution in [1.29, 1.82) is 0 Å². The number of aryl methyl sites for hydroxylation is 1. The smallest absolute Gasteiger partial charge is 0.244 e. The molecule has 7 nitrogen and oxygen atoms in total. The summed E-state index contributed by atoms with van der Waals surface area (Å²) in [5.74, 6) is -0.278. The average Bonchev–Trinajstić information content (AvgIpc) is 3.47. The number of halogens is 1. The number of aromatic nitrogens is 2. The zero-order chi connectivity index (χ0) is 24.1. The summed E-state index contributed by atoms with van der Waals surface area (Å²) < 4.78 is 28.5. The van der Waals surface area contributed by atoms with E-state index in [1.165, 1.54) is 10.4 Å². The minimum absolute atomic E-state index is 0.278. The zero-order valence-electron chi connectivity index (χ0n) is 18.9. The van der Waals surface area contributed by atoms with E-state index in [9.17, 15) is 13.2 Å². The highest BCUT2D eigenvalue weighted by molar-refractivity contribution is 7.89. The fraction of sp³-hybridized carbons (Fsp3) is 0.280. The molecule has 1 N–H and O–H groups in total. The van der Waals surface area contributed by atoms with E-state index in [0.717, 1.165) is 29.7 Å². The van der Waals surface area contributed by atoms with Crippen LogP contribution in [-0.2, 0) is 27.9 Å². The van der Waals surface area contributed by atoms with E-state index in [1.54, 1.807) is 35.0 Å². The molecule has 0 unspecified atom stereocenters. The third-order valence-electron chi connectivity index (χ3n) is 5.78. The first kappa shape index (κ1) is 24.2. The van der Waals surface area contributed by atoms with Crippen molar-refractivity contribution in [2.75, 3.05) is 13.1 Å². The van der Waals surface area contributed by atoms with E-state index < -0.39 is 10.0 Å². The maximum Gasteiger partial charge on any atom is 0.244 e. The predicted molar refractivity (Wildman–Crippen MR) is 133 cm³/mol. The van der Waals surface area contributed by atoms with E-state index in [0.29, 0.717) is 30.4 Å². The van der Waals surface area contributed by atoms with Gasteiger partial charge in [-0.05, 0) is 49.1 Å². The summed E-state index contributed by atoms with van der Waals surface area (Å²) in [6.45, 7) is 3.82. The Morgan fingerprint density at radius 1 is 1.06 bits per heavy atom. The zero-order valence-corrected chi connectivity index (χ0v) is 20.5. The molecule has 0 bridgehead atoms. The molecule has 0 aliphatic carbocycles. The van der Waals surface area contributed by atoms with Crippen LogP contribution in [0.15, 0.2) is 65.6 Å². The third-order valence-corrected chi connectivity index (χ3v) is 8.09. The lowest BCUT2D eigenvalue weighted by Crippen LogP contribution is -2.27. The molecular formula is C25H27ClN4O3S. The van der Waals surface area contributed by atoms with E-state index >= 15 is 0 Å². The minimum Gasteiger partial charge on any atom is -0.348 e. The molecule has 1 aliphatic heterocycles. The number of hydrogen-bond acceptors (Lipinski definition) is 4. The molecule has 34 heavy (non-hydrogen) atoms. The van der Waals surface area contributed by atoms with Crippen molar-refractivity contribution in [3.05, 3.63) is 88.2 Å². The molecule has 4 rings (SSSR count). The van der Waals surface area contributed by atoms with E-state index in [2.05, 4.69) is 10.4 Å². The largest absolute Gasteiger partial charge is 0.348 e. The van der Waals surface area contributed by atoms with Gasteiger partial charge in [0, 0.05) is 31.3 Å². The number of rotatable bonds is 8. The van der Waals surface area contributed by atoms with E-state index in [4.69, 9.17) is 11.6 Å². The van der Waals surface area contributed by atoms with E-state index in [1.807, 2.05) is 37.3 Å². The Kier molecular flexibility index (Phi) is 7.50. The number of benzene rings is 2. The van der Waals surface area contributed by atoms with Crippen LogP contribution in [0.3, 0.4) is 0 Å². The summed E-state index contributed by atoms with van der Waals surface area (Å²) in [5, 5.41) is 7.77. The number of hydrogen-bond donors (Lipinski definition) is 1. The number of sulfonamides is 1. The van der Waals surface area contributed by atoms with Crippen molar-refractivity contribution < 1.29 is 13.2 Å². The van der Waals surface area contributed by atoms with Gasteiger partial charge >= 0.3 is 0 Å². The number of nitrogens with one attached hydrogen (secondary N) is 1. The van der Waals surface area contributed by atoms with Gasteiger partial charge in [0.25, 0.3) is 0 Å². The molecule has 0 atom stereocenters. The lowest BCUT2D eigenvalue weighted by atomic mass is 10.2. The summed E-state index contributed by atoms with van der Waals surface area (Å²) in [4.78, 5) is 12.6. The van der Waals surface area contributed by atoms with Gasteiger partial charge in [-0.15, -0.1) is 0 Å². The molecule has 3 aromatic rings. The summed E-state index contributed by atoms with van der Waals surface area (Å²) in [6.07, 6.45) is 4.88. The van der Waals surface area contributed by atoms with Crippen molar-refractivity contribution >= 4 is 33.6 Å². The maximum atomic E-state index is 12.6. The van der Waals surface area contributed by atoms with Gasteiger partial charge in [-0.3, -0.25) is 4.79 Å². The van der Waals surface area contributed by atoms with Crippen molar-refractivity contribution in [3.8, 4) is 0 Å². The number of carbonyl (C=O) groups excluding carboxylic acids is 1. The van der Waals surface area contributed by atoms with Crippen LogP contribution in [0.2, 0.25) is 5.15 Å². The Morgan fingerprint density at radius 2 is 1.74 bits per heavy atom. The minimum atomic E-state index is -3.44.